The van der Waals surface area contributed by atoms with Crippen molar-refractivity contribution in [2.45, 2.75) is 12.6 Å². The van der Waals surface area contributed by atoms with E-state index in [0.717, 1.165) is 0 Å². The van der Waals surface area contributed by atoms with E-state index < -0.39 is 16.8 Å². The van der Waals surface area contributed by atoms with Crippen molar-refractivity contribution in [2.24, 2.45) is 0 Å². The van der Waals surface area contributed by atoms with Gasteiger partial charge in [0.25, 0.3) is 0 Å². The maximum atomic E-state index is 13.7. The summed E-state index contributed by atoms with van der Waals surface area (Å²) in [7, 11) is 0. The first-order valence-electron chi connectivity index (χ1n) is 7.11. The monoisotopic (exact) mass is 328 g/mol. The summed E-state index contributed by atoms with van der Waals surface area (Å²) in [5, 5.41) is 25.6. The maximum absolute atomic E-state index is 13.7. The summed E-state index contributed by atoms with van der Waals surface area (Å²) in [6.07, 6.45) is 3.06. The Labute approximate surface area is 136 Å². The minimum atomic E-state index is -1.17. The lowest BCUT2D eigenvalue weighted by Crippen LogP contribution is -2.10. The Bertz CT molecular complexity index is 867. The second-order valence-corrected chi connectivity index (χ2v) is 5.12. The van der Waals surface area contributed by atoms with Crippen LogP contribution in [-0.2, 0) is 6.54 Å². The zero-order chi connectivity index (χ0) is 17.1. The predicted molar refractivity (Wildman–Crippen MR) is 83.5 cm³/mol. The number of halogens is 1. The lowest BCUT2D eigenvalue weighted by atomic mass is 10.1. The first-order valence-corrected chi connectivity index (χ1v) is 7.11. The van der Waals surface area contributed by atoms with E-state index in [4.69, 9.17) is 0 Å². The van der Waals surface area contributed by atoms with Gasteiger partial charge in [-0.1, -0.05) is 18.2 Å². The number of rotatable bonds is 5. The largest absolute Gasteiger partial charge is 0.386 e. The average molecular weight is 328 g/mol. The molecule has 24 heavy (non-hydrogen) atoms. The number of aliphatic hydroxyl groups is 1. The van der Waals surface area contributed by atoms with Crippen LogP contribution in [0.3, 0.4) is 0 Å². The standard InChI is InChI=1S/C16H13FN4O3/c17-13-4-2-1-3-12(13)15(22)10-20-9-14(21(23)24)16(19-20)11-5-7-18-8-6-11/h1-9,15,22H,10H2. The highest BCUT2D eigenvalue weighted by atomic mass is 19.1. The van der Waals surface area contributed by atoms with Crippen LogP contribution in [-0.4, -0.2) is 24.8 Å². The molecule has 3 aromatic rings. The number of aliphatic hydroxyl groups excluding tert-OH is 1. The number of benzene rings is 1. The molecular formula is C16H13FN4O3. The quantitative estimate of drug-likeness (QED) is 0.574. The summed E-state index contributed by atoms with van der Waals surface area (Å²) in [6, 6.07) is 9.04. The smallest absolute Gasteiger partial charge is 0.314 e. The Hall–Kier alpha value is -3.13. The molecule has 2 heterocycles. The van der Waals surface area contributed by atoms with Gasteiger partial charge in [-0.15, -0.1) is 0 Å². The molecule has 122 valence electrons. The third kappa shape index (κ3) is 3.13. The number of aromatic nitrogens is 3. The van der Waals surface area contributed by atoms with Gasteiger partial charge in [0.05, 0.1) is 11.5 Å². The molecule has 0 amide bonds. The molecule has 0 saturated carbocycles. The fourth-order valence-electron chi connectivity index (χ4n) is 2.37. The Balaban J connectivity index is 1.92. The Morgan fingerprint density at radius 1 is 1.25 bits per heavy atom. The Morgan fingerprint density at radius 2 is 1.96 bits per heavy atom. The molecule has 3 rings (SSSR count). The second-order valence-electron chi connectivity index (χ2n) is 5.12. The first kappa shape index (κ1) is 15.8. The summed E-state index contributed by atoms with van der Waals surface area (Å²) < 4.78 is 15.0. The van der Waals surface area contributed by atoms with Gasteiger partial charge in [-0.05, 0) is 18.2 Å². The summed E-state index contributed by atoms with van der Waals surface area (Å²) in [4.78, 5) is 14.5. The van der Waals surface area contributed by atoms with Crippen molar-refractivity contribution in [1.82, 2.24) is 14.8 Å². The average Bonchev–Trinajstić information content (AvgIpc) is 3.00. The van der Waals surface area contributed by atoms with Gasteiger partial charge in [0, 0.05) is 23.5 Å². The molecule has 1 atom stereocenters. The third-order valence-electron chi connectivity index (χ3n) is 3.52. The van der Waals surface area contributed by atoms with Crippen molar-refractivity contribution in [2.75, 3.05) is 0 Å². The molecule has 0 aliphatic rings. The number of nitro groups is 1. The van der Waals surface area contributed by atoms with E-state index in [0.29, 0.717) is 5.56 Å². The van der Waals surface area contributed by atoms with Crippen molar-refractivity contribution < 1.29 is 14.4 Å². The van der Waals surface area contributed by atoms with E-state index in [1.165, 1.54) is 41.5 Å². The van der Waals surface area contributed by atoms with Gasteiger partial charge < -0.3 is 5.11 Å². The highest BCUT2D eigenvalue weighted by Crippen LogP contribution is 2.28. The van der Waals surface area contributed by atoms with Crippen LogP contribution in [0.25, 0.3) is 11.3 Å². The van der Waals surface area contributed by atoms with E-state index in [-0.39, 0.29) is 23.5 Å². The van der Waals surface area contributed by atoms with Crippen LogP contribution in [0.2, 0.25) is 0 Å². The molecule has 7 nitrogen and oxygen atoms in total. The van der Waals surface area contributed by atoms with Crippen molar-refractivity contribution in [3.05, 3.63) is 76.5 Å². The molecule has 1 aromatic carbocycles. The SMILES string of the molecule is O=[N+]([O-])c1cn(CC(O)c2ccccc2F)nc1-c1ccncc1. The topological polar surface area (TPSA) is 94.1 Å². The molecule has 0 saturated heterocycles. The lowest BCUT2D eigenvalue weighted by Gasteiger charge is -2.11. The molecule has 0 aliphatic heterocycles. The molecule has 1 N–H and O–H groups in total. The molecule has 2 aromatic heterocycles. The van der Waals surface area contributed by atoms with Gasteiger partial charge in [0.1, 0.15) is 18.1 Å². The minimum Gasteiger partial charge on any atom is -0.386 e. The summed E-state index contributed by atoms with van der Waals surface area (Å²) in [5.41, 5.74) is 0.627. The summed E-state index contributed by atoms with van der Waals surface area (Å²) in [5.74, 6) is -0.541. The van der Waals surface area contributed by atoms with Gasteiger partial charge in [0.2, 0.25) is 0 Å². The zero-order valence-corrected chi connectivity index (χ0v) is 12.4. The van der Waals surface area contributed by atoms with E-state index in [1.807, 2.05) is 0 Å². The third-order valence-corrected chi connectivity index (χ3v) is 3.52. The number of hydrogen-bond acceptors (Lipinski definition) is 5. The van der Waals surface area contributed by atoms with Crippen LogP contribution in [0.15, 0.2) is 55.0 Å². The van der Waals surface area contributed by atoms with E-state index in [1.54, 1.807) is 18.2 Å². The van der Waals surface area contributed by atoms with Gasteiger partial charge in [-0.3, -0.25) is 19.8 Å². The summed E-state index contributed by atoms with van der Waals surface area (Å²) >= 11 is 0. The van der Waals surface area contributed by atoms with Gasteiger partial charge >= 0.3 is 5.69 Å². The maximum Gasteiger partial charge on any atom is 0.314 e. The molecular weight excluding hydrogens is 315 g/mol. The number of nitrogens with zero attached hydrogens (tertiary/aromatic N) is 4. The van der Waals surface area contributed by atoms with Crippen molar-refractivity contribution in [1.29, 1.82) is 0 Å². The van der Waals surface area contributed by atoms with Crippen LogP contribution in [0.4, 0.5) is 10.1 Å². The number of pyridine rings is 1. The second kappa shape index (κ2) is 6.55. The fraction of sp³-hybridized carbons (Fsp3) is 0.125. The molecule has 0 spiro atoms. The highest BCUT2D eigenvalue weighted by Gasteiger charge is 2.22. The van der Waals surface area contributed by atoms with Crippen LogP contribution in [0.5, 0.6) is 0 Å². The van der Waals surface area contributed by atoms with Crippen LogP contribution in [0.1, 0.15) is 11.7 Å². The minimum absolute atomic E-state index is 0.104. The fourth-order valence-corrected chi connectivity index (χ4v) is 2.37. The Kier molecular flexibility index (Phi) is 4.30. The lowest BCUT2D eigenvalue weighted by molar-refractivity contribution is -0.384. The van der Waals surface area contributed by atoms with Crippen LogP contribution < -0.4 is 0 Å². The molecule has 8 heteroatoms. The predicted octanol–water partition coefficient (Wildman–Crippen LogP) is 2.73. The van der Waals surface area contributed by atoms with Gasteiger partial charge in [-0.25, -0.2) is 4.39 Å². The molecule has 0 fully saturated rings. The van der Waals surface area contributed by atoms with Crippen LogP contribution >= 0.6 is 0 Å². The van der Waals surface area contributed by atoms with Gasteiger partial charge in [0.15, 0.2) is 5.69 Å². The molecule has 0 radical (unpaired) electrons. The molecule has 0 bridgehead atoms. The normalized spacial score (nSPS) is 12.1. The van der Waals surface area contributed by atoms with Crippen molar-refractivity contribution in [3.8, 4) is 11.3 Å². The molecule has 0 aliphatic carbocycles. The van der Waals surface area contributed by atoms with Gasteiger partial charge in [-0.2, -0.15) is 5.10 Å². The van der Waals surface area contributed by atoms with E-state index in [9.17, 15) is 19.6 Å². The van der Waals surface area contributed by atoms with E-state index >= 15 is 0 Å². The number of hydrogen-bond donors (Lipinski definition) is 1. The summed E-state index contributed by atoms with van der Waals surface area (Å²) in [6.45, 7) is -0.104. The van der Waals surface area contributed by atoms with Crippen LogP contribution in [0, 0.1) is 15.9 Å². The Morgan fingerprint density at radius 3 is 2.62 bits per heavy atom. The zero-order valence-electron chi connectivity index (χ0n) is 12.4. The van der Waals surface area contributed by atoms with Crippen molar-refractivity contribution in [3.63, 3.8) is 0 Å². The van der Waals surface area contributed by atoms with Crippen molar-refractivity contribution >= 4 is 5.69 Å². The highest BCUT2D eigenvalue weighted by molar-refractivity contribution is 5.68. The van der Waals surface area contributed by atoms with E-state index in [2.05, 4.69) is 10.1 Å². The molecule has 1 unspecified atom stereocenters. The first-order chi connectivity index (χ1) is 11.6.